The van der Waals surface area contributed by atoms with Crippen LogP contribution in [0.4, 0.5) is 5.69 Å². The Hall–Kier alpha value is -1.22. The van der Waals surface area contributed by atoms with Crippen LogP contribution in [-0.2, 0) is 16.0 Å². The molecule has 80 valence electrons. The van der Waals surface area contributed by atoms with Gasteiger partial charge in [0.2, 0.25) is 0 Å². The van der Waals surface area contributed by atoms with Crippen LogP contribution in [-0.4, -0.2) is 19.1 Å². The molecule has 0 bridgehead atoms. The molecule has 1 heterocycles. The van der Waals surface area contributed by atoms with Crippen LogP contribution in [0, 0.1) is 0 Å². The van der Waals surface area contributed by atoms with E-state index in [1.165, 1.54) is 7.11 Å². The van der Waals surface area contributed by atoms with Crippen molar-refractivity contribution in [3.8, 4) is 0 Å². The van der Waals surface area contributed by atoms with Gasteiger partial charge in [0.25, 0.3) is 0 Å². The Kier molecular flexibility index (Phi) is 2.82. The minimum absolute atomic E-state index is 0.212. The average Bonchev–Trinajstić information content (AvgIpc) is 2.27. The molecule has 0 aliphatic carbocycles. The number of halogens is 1. The van der Waals surface area contributed by atoms with E-state index in [1.54, 1.807) is 0 Å². The van der Waals surface area contributed by atoms with Gasteiger partial charge < -0.3 is 10.1 Å². The lowest BCUT2D eigenvalue weighted by molar-refractivity contribution is -0.141. The van der Waals surface area contributed by atoms with Crippen LogP contribution >= 0.6 is 11.6 Å². The van der Waals surface area contributed by atoms with Gasteiger partial charge in [-0.05, 0) is 36.6 Å². The largest absolute Gasteiger partial charge is 0.467 e. The molecule has 1 atom stereocenters. The molecule has 0 amide bonds. The number of ether oxygens (including phenoxy) is 1. The van der Waals surface area contributed by atoms with Gasteiger partial charge in [-0.25, -0.2) is 4.79 Å². The van der Waals surface area contributed by atoms with Crippen molar-refractivity contribution in [2.45, 2.75) is 18.9 Å². The molecule has 0 spiro atoms. The molecule has 1 aliphatic rings. The van der Waals surface area contributed by atoms with E-state index < -0.39 is 0 Å². The van der Waals surface area contributed by atoms with Crippen LogP contribution < -0.4 is 5.32 Å². The molecule has 3 nitrogen and oxygen atoms in total. The number of aryl methyl sites for hydroxylation is 1. The number of anilines is 1. The molecule has 0 radical (unpaired) electrons. The van der Waals surface area contributed by atoms with Crippen molar-refractivity contribution < 1.29 is 9.53 Å². The molecule has 0 fully saturated rings. The third kappa shape index (κ3) is 2.07. The van der Waals surface area contributed by atoms with E-state index >= 15 is 0 Å². The first-order valence-corrected chi connectivity index (χ1v) is 5.21. The summed E-state index contributed by atoms with van der Waals surface area (Å²) in [6, 6.07) is 5.40. The summed E-state index contributed by atoms with van der Waals surface area (Å²) >= 11 is 5.88. The van der Waals surface area contributed by atoms with Crippen LogP contribution in [0.2, 0.25) is 5.02 Å². The maximum Gasteiger partial charge on any atom is 0.328 e. The number of methoxy groups -OCH3 is 1. The fourth-order valence-electron chi connectivity index (χ4n) is 1.79. The van der Waals surface area contributed by atoms with Crippen molar-refractivity contribution >= 4 is 23.3 Å². The molecule has 0 saturated carbocycles. The summed E-state index contributed by atoms with van der Waals surface area (Å²) in [6.45, 7) is 0. The van der Waals surface area contributed by atoms with Crippen molar-refractivity contribution in [2.24, 2.45) is 0 Å². The Labute approximate surface area is 93.4 Å². The van der Waals surface area contributed by atoms with Gasteiger partial charge in [0, 0.05) is 10.7 Å². The monoisotopic (exact) mass is 225 g/mol. The Bertz CT molecular complexity index is 392. The minimum Gasteiger partial charge on any atom is -0.467 e. The van der Waals surface area contributed by atoms with Gasteiger partial charge in [-0.3, -0.25) is 0 Å². The lowest BCUT2D eigenvalue weighted by Crippen LogP contribution is -2.34. The quantitative estimate of drug-likeness (QED) is 0.745. The number of fused-ring (bicyclic) bond motifs is 1. The molecule has 15 heavy (non-hydrogen) atoms. The summed E-state index contributed by atoms with van der Waals surface area (Å²) in [5.41, 5.74) is 2.13. The summed E-state index contributed by atoms with van der Waals surface area (Å²) in [5.74, 6) is -0.212. The van der Waals surface area contributed by atoms with Crippen LogP contribution in [0.5, 0.6) is 0 Å². The summed E-state index contributed by atoms with van der Waals surface area (Å²) in [5, 5.41) is 3.87. The molecule has 4 heteroatoms. The number of carbonyl (C=O) groups is 1. The van der Waals surface area contributed by atoms with Crippen molar-refractivity contribution in [2.75, 3.05) is 12.4 Å². The zero-order chi connectivity index (χ0) is 10.8. The number of hydrogen-bond acceptors (Lipinski definition) is 3. The van der Waals surface area contributed by atoms with E-state index in [0.29, 0.717) is 0 Å². The smallest absolute Gasteiger partial charge is 0.328 e. The summed E-state index contributed by atoms with van der Waals surface area (Å²) in [6.07, 6.45) is 1.60. The van der Waals surface area contributed by atoms with Gasteiger partial charge in [-0.15, -0.1) is 0 Å². The van der Waals surface area contributed by atoms with Crippen LogP contribution in [0.25, 0.3) is 0 Å². The number of hydrogen-bond donors (Lipinski definition) is 1. The lowest BCUT2D eigenvalue weighted by atomic mass is 9.98. The first-order valence-electron chi connectivity index (χ1n) is 4.83. The molecule has 0 saturated heterocycles. The van der Waals surface area contributed by atoms with Gasteiger partial charge in [0.05, 0.1) is 7.11 Å². The molecule has 1 N–H and O–H groups in total. The first-order chi connectivity index (χ1) is 7.20. The fraction of sp³-hybridized carbons (Fsp3) is 0.364. The van der Waals surface area contributed by atoms with Gasteiger partial charge in [-0.2, -0.15) is 0 Å². The maximum atomic E-state index is 11.3. The molecule has 0 unspecified atom stereocenters. The molecule has 1 aromatic rings. The van der Waals surface area contributed by atoms with E-state index in [0.717, 1.165) is 29.1 Å². The second-order valence-corrected chi connectivity index (χ2v) is 4.00. The highest BCUT2D eigenvalue weighted by Gasteiger charge is 2.24. The number of nitrogens with one attached hydrogen (secondary N) is 1. The van der Waals surface area contributed by atoms with E-state index in [9.17, 15) is 4.79 Å². The van der Waals surface area contributed by atoms with E-state index in [4.69, 9.17) is 16.3 Å². The molecule has 2 rings (SSSR count). The van der Waals surface area contributed by atoms with Gasteiger partial charge in [-0.1, -0.05) is 11.6 Å². The highest BCUT2D eigenvalue weighted by Crippen LogP contribution is 2.27. The standard InChI is InChI=1S/C11H12ClNO2/c1-15-11(14)10-4-2-7-6-8(12)3-5-9(7)13-10/h3,5-6,10,13H,2,4H2,1H3/t10-/m1/s1. The number of benzene rings is 1. The second kappa shape index (κ2) is 4.11. The number of esters is 1. The topological polar surface area (TPSA) is 38.3 Å². The molecule has 0 aromatic heterocycles. The van der Waals surface area contributed by atoms with Crippen molar-refractivity contribution in [1.82, 2.24) is 0 Å². The highest BCUT2D eigenvalue weighted by atomic mass is 35.5. The first kappa shape index (κ1) is 10.3. The number of carbonyl (C=O) groups excluding carboxylic acids is 1. The minimum atomic E-state index is -0.233. The predicted octanol–water partition coefficient (Wildman–Crippen LogP) is 2.24. The Balaban J connectivity index is 2.20. The Morgan fingerprint density at radius 1 is 1.60 bits per heavy atom. The second-order valence-electron chi connectivity index (χ2n) is 3.56. The average molecular weight is 226 g/mol. The molecule has 1 aromatic carbocycles. The van der Waals surface area contributed by atoms with Gasteiger partial charge in [0.15, 0.2) is 0 Å². The zero-order valence-corrected chi connectivity index (χ0v) is 9.17. The van der Waals surface area contributed by atoms with Gasteiger partial charge in [0.1, 0.15) is 6.04 Å². The maximum absolute atomic E-state index is 11.3. The third-order valence-electron chi connectivity index (χ3n) is 2.59. The fourth-order valence-corrected chi connectivity index (χ4v) is 1.98. The summed E-state index contributed by atoms with van der Waals surface area (Å²) < 4.78 is 4.70. The molecular formula is C11H12ClNO2. The zero-order valence-electron chi connectivity index (χ0n) is 8.42. The van der Waals surface area contributed by atoms with Crippen LogP contribution in [0.15, 0.2) is 18.2 Å². The predicted molar refractivity (Wildman–Crippen MR) is 59.2 cm³/mol. The van der Waals surface area contributed by atoms with Crippen molar-refractivity contribution in [1.29, 1.82) is 0 Å². The van der Waals surface area contributed by atoms with Crippen LogP contribution in [0.3, 0.4) is 0 Å². The van der Waals surface area contributed by atoms with E-state index in [1.807, 2.05) is 18.2 Å². The SMILES string of the molecule is COC(=O)[C@H]1CCc2cc(Cl)ccc2N1. The van der Waals surface area contributed by atoms with E-state index in [2.05, 4.69) is 5.32 Å². The Morgan fingerprint density at radius 2 is 2.40 bits per heavy atom. The number of rotatable bonds is 1. The third-order valence-corrected chi connectivity index (χ3v) is 2.82. The lowest BCUT2D eigenvalue weighted by Gasteiger charge is -2.25. The van der Waals surface area contributed by atoms with Gasteiger partial charge >= 0.3 is 5.97 Å². The van der Waals surface area contributed by atoms with Crippen molar-refractivity contribution in [3.05, 3.63) is 28.8 Å². The molecule has 1 aliphatic heterocycles. The van der Waals surface area contributed by atoms with Crippen LogP contribution in [0.1, 0.15) is 12.0 Å². The van der Waals surface area contributed by atoms with Crippen molar-refractivity contribution in [3.63, 3.8) is 0 Å². The summed E-state index contributed by atoms with van der Waals surface area (Å²) in [7, 11) is 1.40. The normalized spacial score (nSPS) is 18.9. The highest BCUT2D eigenvalue weighted by molar-refractivity contribution is 6.30. The Morgan fingerprint density at radius 3 is 3.13 bits per heavy atom. The summed E-state index contributed by atoms with van der Waals surface area (Å²) in [4.78, 5) is 11.3. The molecular weight excluding hydrogens is 214 g/mol. The van der Waals surface area contributed by atoms with E-state index in [-0.39, 0.29) is 12.0 Å².